The van der Waals surface area contributed by atoms with Gasteiger partial charge in [-0.1, -0.05) is 18.2 Å². The molecule has 6 nitrogen and oxygen atoms in total. The van der Waals surface area contributed by atoms with Gasteiger partial charge < -0.3 is 9.64 Å². The zero-order chi connectivity index (χ0) is 16.4. The second-order valence-electron chi connectivity index (χ2n) is 6.03. The lowest BCUT2D eigenvalue weighted by Gasteiger charge is -2.28. The minimum atomic E-state index is -3.06. The van der Waals surface area contributed by atoms with E-state index in [4.69, 9.17) is 4.74 Å². The van der Waals surface area contributed by atoms with Crippen LogP contribution in [0.4, 0.5) is 0 Å². The van der Waals surface area contributed by atoms with Crippen LogP contribution in [-0.4, -0.2) is 55.4 Å². The van der Waals surface area contributed by atoms with Crippen LogP contribution in [0.15, 0.2) is 30.3 Å². The number of carbonyl (C=O) groups excluding carboxylic acids is 2. The molecule has 1 heterocycles. The summed E-state index contributed by atoms with van der Waals surface area (Å²) >= 11 is 0. The second kappa shape index (κ2) is 6.31. The summed E-state index contributed by atoms with van der Waals surface area (Å²) in [6.45, 7) is -0.346. The first-order chi connectivity index (χ1) is 11.0. The van der Waals surface area contributed by atoms with E-state index < -0.39 is 15.8 Å². The highest BCUT2D eigenvalue weighted by Gasteiger charge is 2.42. The molecule has 0 spiro atoms. The van der Waals surface area contributed by atoms with Gasteiger partial charge in [0.1, 0.15) is 0 Å². The van der Waals surface area contributed by atoms with Crippen LogP contribution >= 0.6 is 0 Å². The normalized spacial score (nSPS) is 22.5. The highest BCUT2D eigenvalue weighted by molar-refractivity contribution is 7.91. The van der Waals surface area contributed by atoms with E-state index in [-0.39, 0.29) is 36.1 Å². The van der Waals surface area contributed by atoms with Crippen LogP contribution in [0.3, 0.4) is 0 Å². The molecule has 1 saturated heterocycles. The van der Waals surface area contributed by atoms with Gasteiger partial charge in [-0.3, -0.25) is 4.79 Å². The van der Waals surface area contributed by atoms with Gasteiger partial charge in [-0.05, 0) is 31.4 Å². The molecular formula is C16H19NO5S. The van der Waals surface area contributed by atoms with Gasteiger partial charge in [0.15, 0.2) is 16.4 Å². The van der Waals surface area contributed by atoms with Crippen LogP contribution in [0, 0.1) is 0 Å². The fraction of sp³-hybridized carbons (Fsp3) is 0.500. The molecule has 1 aliphatic heterocycles. The van der Waals surface area contributed by atoms with Gasteiger partial charge >= 0.3 is 5.97 Å². The molecule has 2 fully saturated rings. The Bertz CT molecular complexity index is 696. The third-order valence-electron chi connectivity index (χ3n) is 4.17. The Morgan fingerprint density at radius 2 is 1.78 bits per heavy atom. The van der Waals surface area contributed by atoms with Crippen molar-refractivity contribution in [3.05, 3.63) is 35.9 Å². The van der Waals surface area contributed by atoms with Crippen molar-refractivity contribution in [1.82, 2.24) is 4.90 Å². The van der Waals surface area contributed by atoms with Gasteiger partial charge in [0.2, 0.25) is 0 Å². The molecule has 1 aromatic carbocycles. The van der Waals surface area contributed by atoms with Crippen molar-refractivity contribution in [2.45, 2.75) is 31.3 Å². The van der Waals surface area contributed by atoms with E-state index in [0.29, 0.717) is 12.0 Å². The van der Waals surface area contributed by atoms with E-state index in [1.165, 1.54) is 0 Å². The second-order valence-corrected chi connectivity index (χ2v) is 8.26. The Labute approximate surface area is 135 Å². The molecule has 0 bridgehead atoms. The summed E-state index contributed by atoms with van der Waals surface area (Å²) in [5.74, 6) is -0.715. The Kier molecular flexibility index (Phi) is 4.39. The predicted molar refractivity (Wildman–Crippen MR) is 83.7 cm³/mol. The SMILES string of the molecule is O=C(OCC(=O)N(C1CC1)[C@H]1CCS(=O)(=O)C1)c1ccccc1. The molecule has 0 radical (unpaired) electrons. The first kappa shape index (κ1) is 16.0. The number of hydrogen-bond acceptors (Lipinski definition) is 5. The van der Waals surface area contributed by atoms with Gasteiger partial charge in [-0.2, -0.15) is 0 Å². The first-order valence-electron chi connectivity index (χ1n) is 7.70. The van der Waals surface area contributed by atoms with Crippen molar-refractivity contribution < 1.29 is 22.7 Å². The highest BCUT2D eigenvalue weighted by Crippen LogP contribution is 2.32. The monoisotopic (exact) mass is 337 g/mol. The summed E-state index contributed by atoms with van der Waals surface area (Å²) in [7, 11) is -3.06. The Hall–Kier alpha value is -1.89. The van der Waals surface area contributed by atoms with Gasteiger partial charge in [-0.15, -0.1) is 0 Å². The van der Waals surface area contributed by atoms with E-state index >= 15 is 0 Å². The summed E-state index contributed by atoms with van der Waals surface area (Å²) in [6.07, 6.45) is 2.24. The molecule has 0 aromatic heterocycles. The fourth-order valence-corrected chi connectivity index (χ4v) is 4.62. The topological polar surface area (TPSA) is 80.8 Å². The zero-order valence-electron chi connectivity index (χ0n) is 12.7. The van der Waals surface area contributed by atoms with Crippen molar-refractivity contribution in [3.63, 3.8) is 0 Å². The fourth-order valence-electron chi connectivity index (χ4n) is 2.91. The summed E-state index contributed by atoms with van der Waals surface area (Å²) in [6, 6.07) is 8.28. The van der Waals surface area contributed by atoms with E-state index in [1.54, 1.807) is 35.2 Å². The average Bonchev–Trinajstić information content (AvgIpc) is 3.29. The predicted octanol–water partition coefficient (Wildman–Crippen LogP) is 1.02. The Balaban J connectivity index is 1.60. The van der Waals surface area contributed by atoms with Crippen LogP contribution < -0.4 is 0 Å². The van der Waals surface area contributed by atoms with Crippen LogP contribution in [0.25, 0.3) is 0 Å². The molecule has 1 aliphatic carbocycles. The lowest BCUT2D eigenvalue weighted by atomic mass is 10.2. The number of amides is 1. The number of carbonyl (C=O) groups is 2. The number of rotatable bonds is 5. The maximum atomic E-state index is 12.4. The maximum Gasteiger partial charge on any atom is 0.338 e. The highest BCUT2D eigenvalue weighted by atomic mass is 32.2. The molecule has 2 aliphatic rings. The molecule has 1 saturated carbocycles. The van der Waals surface area contributed by atoms with Gasteiger partial charge in [0.25, 0.3) is 5.91 Å². The molecule has 1 aromatic rings. The van der Waals surface area contributed by atoms with Gasteiger partial charge in [0, 0.05) is 12.1 Å². The summed E-state index contributed by atoms with van der Waals surface area (Å²) in [5, 5.41) is 0. The molecule has 3 rings (SSSR count). The van der Waals surface area contributed by atoms with Crippen molar-refractivity contribution >= 4 is 21.7 Å². The Morgan fingerprint density at radius 1 is 1.09 bits per heavy atom. The smallest absolute Gasteiger partial charge is 0.338 e. The first-order valence-corrected chi connectivity index (χ1v) is 9.52. The number of benzene rings is 1. The van der Waals surface area contributed by atoms with Crippen LogP contribution in [-0.2, 0) is 19.4 Å². The number of ether oxygens (including phenoxy) is 1. The van der Waals surface area contributed by atoms with Gasteiger partial charge in [-0.25, -0.2) is 13.2 Å². The van der Waals surface area contributed by atoms with Crippen molar-refractivity contribution in [3.8, 4) is 0 Å². The standard InChI is InChI=1S/C16H19NO5S/c18-15(10-22-16(19)12-4-2-1-3-5-12)17(13-6-7-13)14-8-9-23(20,21)11-14/h1-5,13-14H,6-11H2/t14-/m0/s1. The average molecular weight is 337 g/mol. The zero-order valence-corrected chi connectivity index (χ0v) is 13.5. The largest absolute Gasteiger partial charge is 0.452 e. The molecule has 7 heteroatoms. The molecule has 1 amide bonds. The third kappa shape index (κ3) is 3.90. The van der Waals surface area contributed by atoms with Crippen molar-refractivity contribution in [2.75, 3.05) is 18.1 Å². The quantitative estimate of drug-likeness (QED) is 0.750. The Morgan fingerprint density at radius 3 is 2.35 bits per heavy atom. The van der Waals surface area contributed by atoms with Crippen LogP contribution in [0.2, 0.25) is 0 Å². The van der Waals surface area contributed by atoms with E-state index in [1.807, 2.05) is 0 Å². The van der Waals surface area contributed by atoms with E-state index in [9.17, 15) is 18.0 Å². The summed E-state index contributed by atoms with van der Waals surface area (Å²) in [5.41, 5.74) is 0.390. The van der Waals surface area contributed by atoms with Crippen LogP contribution in [0.5, 0.6) is 0 Å². The molecule has 0 unspecified atom stereocenters. The third-order valence-corrected chi connectivity index (χ3v) is 5.92. The maximum absolute atomic E-state index is 12.4. The minimum Gasteiger partial charge on any atom is -0.452 e. The minimum absolute atomic E-state index is 0.0157. The van der Waals surface area contributed by atoms with E-state index in [2.05, 4.69) is 0 Å². The lowest BCUT2D eigenvalue weighted by molar-refractivity contribution is -0.137. The number of hydrogen-bond donors (Lipinski definition) is 0. The summed E-state index contributed by atoms with van der Waals surface area (Å²) < 4.78 is 28.4. The van der Waals surface area contributed by atoms with E-state index in [0.717, 1.165) is 12.8 Å². The molecule has 23 heavy (non-hydrogen) atoms. The molecule has 1 atom stereocenters. The van der Waals surface area contributed by atoms with Gasteiger partial charge in [0.05, 0.1) is 17.1 Å². The number of sulfone groups is 1. The van der Waals surface area contributed by atoms with Crippen molar-refractivity contribution in [1.29, 1.82) is 0 Å². The number of nitrogens with zero attached hydrogens (tertiary/aromatic N) is 1. The molecule has 0 N–H and O–H groups in total. The lowest BCUT2D eigenvalue weighted by Crippen LogP contribution is -2.44. The summed E-state index contributed by atoms with van der Waals surface area (Å²) in [4.78, 5) is 25.9. The molecule has 124 valence electrons. The van der Waals surface area contributed by atoms with Crippen molar-refractivity contribution in [2.24, 2.45) is 0 Å². The molecular weight excluding hydrogens is 318 g/mol. The van der Waals surface area contributed by atoms with Crippen LogP contribution in [0.1, 0.15) is 29.6 Å². The number of esters is 1.